The average molecular weight is 184 g/mol. The molecule has 1 aromatic rings. The minimum atomic E-state index is -0.424. The van der Waals surface area contributed by atoms with E-state index in [4.69, 9.17) is 5.73 Å². The fourth-order valence-corrected chi connectivity index (χ4v) is 0.996. The summed E-state index contributed by atoms with van der Waals surface area (Å²) < 4.78 is 1.66. The van der Waals surface area contributed by atoms with Gasteiger partial charge in [-0.15, -0.1) is 5.10 Å². The van der Waals surface area contributed by atoms with E-state index in [1.807, 2.05) is 13.1 Å². The monoisotopic (exact) mass is 184 g/mol. The molecule has 0 bridgehead atoms. The van der Waals surface area contributed by atoms with Crippen LogP contribution in [0.1, 0.15) is 25.6 Å². The summed E-state index contributed by atoms with van der Waals surface area (Å²) in [4.78, 5) is 0. The molecule has 1 heterocycles. The summed E-state index contributed by atoms with van der Waals surface area (Å²) in [6, 6.07) is -0.0426. The Hall–Kier alpha value is -0.940. The summed E-state index contributed by atoms with van der Waals surface area (Å²) in [6.07, 6.45) is 2.13. The fraction of sp³-hybridized carbons (Fsp3) is 0.750. The third-order valence-corrected chi connectivity index (χ3v) is 2.07. The quantitative estimate of drug-likeness (QED) is 0.674. The summed E-state index contributed by atoms with van der Waals surface area (Å²) >= 11 is 0. The topological polar surface area (TPSA) is 77.0 Å². The molecule has 2 atom stereocenters. The van der Waals surface area contributed by atoms with E-state index >= 15 is 0 Å². The molecule has 0 amide bonds. The van der Waals surface area contributed by atoms with Crippen molar-refractivity contribution in [3.8, 4) is 0 Å². The smallest absolute Gasteiger partial charge is 0.0839 e. The third-order valence-electron chi connectivity index (χ3n) is 2.07. The van der Waals surface area contributed by atoms with Gasteiger partial charge in [0.25, 0.3) is 0 Å². The summed E-state index contributed by atoms with van der Waals surface area (Å²) in [6.45, 7) is 4.20. The predicted octanol–water partition coefficient (Wildman–Crippen LogP) is -0.279. The highest BCUT2D eigenvalue weighted by atomic mass is 16.3. The SMILES string of the molecule is CC(O)C(C)n1cc(CCN)nn1. The van der Waals surface area contributed by atoms with E-state index < -0.39 is 6.10 Å². The van der Waals surface area contributed by atoms with Gasteiger partial charge in [-0.05, 0) is 20.4 Å². The molecule has 0 fully saturated rings. The van der Waals surface area contributed by atoms with Crippen molar-refractivity contribution in [1.82, 2.24) is 15.0 Å². The number of aliphatic hydroxyl groups is 1. The van der Waals surface area contributed by atoms with Crippen LogP contribution in [0, 0.1) is 0 Å². The Kier molecular flexibility index (Phi) is 3.39. The third kappa shape index (κ3) is 2.50. The van der Waals surface area contributed by atoms with Crippen LogP contribution in [0.15, 0.2) is 6.20 Å². The molecular formula is C8H16N4O. The summed E-state index contributed by atoms with van der Waals surface area (Å²) in [5.74, 6) is 0. The molecule has 1 aromatic heterocycles. The number of hydrogen-bond donors (Lipinski definition) is 2. The molecule has 0 aliphatic carbocycles. The highest BCUT2D eigenvalue weighted by molar-refractivity contribution is 4.93. The van der Waals surface area contributed by atoms with E-state index in [0.717, 1.165) is 12.1 Å². The van der Waals surface area contributed by atoms with Crippen LogP contribution < -0.4 is 5.73 Å². The maximum absolute atomic E-state index is 9.30. The van der Waals surface area contributed by atoms with Crippen LogP contribution in [0.5, 0.6) is 0 Å². The summed E-state index contributed by atoms with van der Waals surface area (Å²) in [7, 11) is 0. The van der Waals surface area contributed by atoms with Crippen molar-refractivity contribution in [3.05, 3.63) is 11.9 Å². The first-order valence-corrected chi connectivity index (χ1v) is 4.44. The van der Waals surface area contributed by atoms with Gasteiger partial charge in [0.05, 0.1) is 17.8 Å². The number of hydrogen-bond acceptors (Lipinski definition) is 4. The highest BCUT2D eigenvalue weighted by Gasteiger charge is 2.12. The lowest BCUT2D eigenvalue weighted by Gasteiger charge is -2.13. The number of aromatic nitrogens is 3. The molecule has 0 spiro atoms. The van der Waals surface area contributed by atoms with Gasteiger partial charge in [-0.25, -0.2) is 4.68 Å². The number of aliphatic hydroxyl groups excluding tert-OH is 1. The molecule has 0 radical (unpaired) electrons. The van der Waals surface area contributed by atoms with E-state index in [2.05, 4.69) is 10.3 Å². The first kappa shape index (κ1) is 10.1. The van der Waals surface area contributed by atoms with Crippen LogP contribution in [-0.2, 0) is 6.42 Å². The van der Waals surface area contributed by atoms with E-state index in [1.54, 1.807) is 11.6 Å². The zero-order valence-electron chi connectivity index (χ0n) is 8.01. The van der Waals surface area contributed by atoms with Gasteiger partial charge in [0.1, 0.15) is 0 Å². The zero-order valence-corrected chi connectivity index (χ0v) is 8.01. The lowest BCUT2D eigenvalue weighted by Crippen LogP contribution is -2.18. The van der Waals surface area contributed by atoms with Gasteiger partial charge >= 0.3 is 0 Å². The molecule has 0 aliphatic heterocycles. The molecule has 2 unspecified atom stereocenters. The van der Waals surface area contributed by atoms with Gasteiger partial charge in [0.15, 0.2) is 0 Å². The second-order valence-corrected chi connectivity index (χ2v) is 3.21. The highest BCUT2D eigenvalue weighted by Crippen LogP contribution is 2.09. The Labute approximate surface area is 77.6 Å². The standard InChI is InChI=1S/C8H16N4O/c1-6(7(2)13)12-5-8(3-4-9)10-11-12/h5-7,13H,3-4,9H2,1-2H3. The second-order valence-electron chi connectivity index (χ2n) is 3.21. The van der Waals surface area contributed by atoms with Crippen molar-refractivity contribution in [2.24, 2.45) is 5.73 Å². The molecular weight excluding hydrogens is 168 g/mol. The van der Waals surface area contributed by atoms with Crippen LogP contribution in [0.2, 0.25) is 0 Å². The van der Waals surface area contributed by atoms with Crippen molar-refractivity contribution >= 4 is 0 Å². The zero-order chi connectivity index (χ0) is 9.84. The van der Waals surface area contributed by atoms with E-state index in [-0.39, 0.29) is 6.04 Å². The molecule has 74 valence electrons. The first-order valence-electron chi connectivity index (χ1n) is 4.44. The van der Waals surface area contributed by atoms with Crippen molar-refractivity contribution in [2.45, 2.75) is 32.4 Å². The lowest BCUT2D eigenvalue weighted by molar-refractivity contribution is 0.131. The van der Waals surface area contributed by atoms with E-state index in [9.17, 15) is 5.11 Å². The van der Waals surface area contributed by atoms with Gasteiger partial charge in [-0.3, -0.25) is 0 Å². The van der Waals surface area contributed by atoms with Crippen LogP contribution in [0.3, 0.4) is 0 Å². The molecule has 5 heteroatoms. The molecule has 3 N–H and O–H groups in total. The second kappa shape index (κ2) is 4.34. The molecule has 0 aliphatic rings. The molecule has 1 rings (SSSR count). The van der Waals surface area contributed by atoms with Crippen molar-refractivity contribution in [1.29, 1.82) is 0 Å². The van der Waals surface area contributed by atoms with Crippen molar-refractivity contribution in [2.75, 3.05) is 6.54 Å². The van der Waals surface area contributed by atoms with Gasteiger partial charge in [0.2, 0.25) is 0 Å². The van der Waals surface area contributed by atoms with Crippen molar-refractivity contribution in [3.63, 3.8) is 0 Å². The molecule has 5 nitrogen and oxygen atoms in total. The van der Waals surface area contributed by atoms with E-state index in [1.165, 1.54) is 0 Å². The lowest BCUT2D eigenvalue weighted by atomic mass is 10.2. The fourth-order valence-electron chi connectivity index (χ4n) is 0.996. The maximum atomic E-state index is 9.30. The van der Waals surface area contributed by atoms with Gasteiger partial charge < -0.3 is 10.8 Å². The Morgan fingerprint density at radius 2 is 2.31 bits per heavy atom. The minimum absolute atomic E-state index is 0.0426. The van der Waals surface area contributed by atoms with Crippen LogP contribution in [0.25, 0.3) is 0 Å². The normalized spacial score (nSPS) is 15.7. The van der Waals surface area contributed by atoms with Crippen LogP contribution >= 0.6 is 0 Å². The Bertz CT molecular complexity index is 258. The molecule has 0 saturated carbocycles. The van der Waals surface area contributed by atoms with Gasteiger partial charge in [0, 0.05) is 12.6 Å². The Balaban J connectivity index is 2.67. The molecule has 0 saturated heterocycles. The minimum Gasteiger partial charge on any atom is -0.391 e. The average Bonchev–Trinajstić information content (AvgIpc) is 2.52. The Morgan fingerprint density at radius 1 is 1.62 bits per heavy atom. The van der Waals surface area contributed by atoms with Gasteiger partial charge in [-0.2, -0.15) is 0 Å². The molecule has 13 heavy (non-hydrogen) atoms. The summed E-state index contributed by atoms with van der Waals surface area (Å²) in [5, 5.41) is 17.1. The van der Waals surface area contributed by atoms with Crippen LogP contribution in [0.4, 0.5) is 0 Å². The van der Waals surface area contributed by atoms with Crippen LogP contribution in [-0.4, -0.2) is 32.7 Å². The largest absolute Gasteiger partial charge is 0.391 e. The van der Waals surface area contributed by atoms with Gasteiger partial charge in [-0.1, -0.05) is 5.21 Å². The molecule has 0 aromatic carbocycles. The number of nitrogens with zero attached hydrogens (tertiary/aromatic N) is 3. The van der Waals surface area contributed by atoms with Crippen molar-refractivity contribution < 1.29 is 5.11 Å². The first-order chi connectivity index (χ1) is 6.15. The number of rotatable bonds is 4. The maximum Gasteiger partial charge on any atom is 0.0839 e. The van der Waals surface area contributed by atoms with E-state index in [0.29, 0.717) is 6.54 Å². The Morgan fingerprint density at radius 3 is 2.85 bits per heavy atom. The summed E-state index contributed by atoms with van der Waals surface area (Å²) in [5.41, 5.74) is 6.25. The number of nitrogens with two attached hydrogens (primary N) is 1. The predicted molar refractivity (Wildman–Crippen MR) is 49.2 cm³/mol.